The fourth-order valence-electron chi connectivity index (χ4n) is 3.29. The molecular formula is C17H17N7O2. The average Bonchev–Trinajstić information content (AvgIpc) is 3.00. The smallest absolute Gasteiger partial charge is 0.245 e. The molecule has 0 aliphatic carbocycles. The maximum atomic E-state index is 10.6. The van der Waals surface area contributed by atoms with Crippen molar-refractivity contribution in [1.82, 2.24) is 19.8 Å². The maximum Gasteiger partial charge on any atom is 0.245 e. The van der Waals surface area contributed by atoms with E-state index in [1.165, 1.54) is 11.2 Å². The lowest BCUT2D eigenvalue weighted by molar-refractivity contribution is 0.0769. The first-order valence-electron chi connectivity index (χ1n) is 7.92. The number of ether oxygens (including phenoxy) is 1. The number of aliphatic hydroxyl groups is 1. The molecule has 26 heavy (non-hydrogen) atoms. The molecule has 2 aromatic rings. The van der Waals surface area contributed by atoms with Crippen LogP contribution in [0.15, 0.2) is 42.2 Å². The number of fused-ring (bicyclic) bond motifs is 3. The first-order valence-corrected chi connectivity index (χ1v) is 7.92. The number of hydrogen-bond donors (Lipinski definition) is 3. The molecule has 1 atom stereocenters. The highest BCUT2D eigenvalue weighted by Gasteiger charge is 2.43. The van der Waals surface area contributed by atoms with Gasteiger partial charge < -0.3 is 15.6 Å². The van der Waals surface area contributed by atoms with E-state index in [2.05, 4.69) is 16.2 Å². The van der Waals surface area contributed by atoms with Crippen LogP contribution in [0.4, 0.5) is 0 Å². The second-order valence-electron chi connectivity index (χ2n) is 6.61. The van der Waals surface area contributed by atoms with Crippen molar-refractivity contribution in [3.63, 3.8) is 0 Å². The third-order valence-electron chi connectivity index (χ3n) is 4.73. The zero-order valence-electron chi connectivity index (χ0n) is 14.2. The van der Waals surface area contributed by atoms with Crippen LogP contribution in [0, 0.1) is 11.3 Å². The molecule has 0 radical (unpaired) electrons. The molecule has 9 nitrogen and oxygen atoms in total. The van der Waals surface area contributed by atoms with E-state index in [4.69, 9.17) is 16.3 Å². The van der Waals surface area contributed by atoms with Gasteiger partial charge in [0.15, 0.2) is 5.76 Å². The molecule has 0 unspecified atom stereocenters. The van der Waals surface area contributed by atoms with E-state index in [0.717, 1.165) is 5.56 Å². The third-order valence-corrected chi connectivity index (χ3v) is 4.73. The van der Waals surface area contributed by atoms with E-state index < -0.39 is 11.6 Å². The van der Waals surface area contributed by atoms with Gasteiger partial charge in [0, 0.05) is 12.4 Å². The van der Waals surface area contributed by atoms with Crippen LogP contribution < -0.4 is 16.3 Å². The highest BCUT2D eigenvalue weighted by molar-refractivity contribution is 5.68. The molecule has 2 aliphatic heterocycles. The maximum absolute atomic E-state index is 10.6. The summed E-state index contributed by atoms with van der Waals surface area (Å²) in [4.78, 5) is 4.14. The molecule has 5 N–H and O–H groups in total. The summed E-state index contributed by atoms with van der Waals surface area (Å²) in [7, 11) is 0. The Balaban J connectivity index is 2.03. The van der Waals surface area contributed by atoms with Gasteiger partial charge in [0.05, 0.1) is 17.7 Å². The minimum absolute atomic E-state index is 0.0184. The van der Waals surface area contributed by atoms with Crippen molar-refractivity contribution in [1.29, 1.82) is 5.26 Å². The monoisotopic (exact) mass is 351 g/mol. The van der Waals surface area contributed by atoms with Crippen molar-refractivity contribution in [3.05, 3.63) is 59.0 Å². The van der Waals surface area contributed by atoms with E-state index in [1.807, 2.05) is 19.9 Å². The normalized spacial score (nSPS) is 20.6. The number of nitrogens with zero attached hydrogens (tertiary/aromatic N) is 5. The van der Waals surface area contributed by atoms with E-state index in [0.29, 0.717) is 11.3 Å². The average molecular weight is 351 g/mol. The van der Waals surface area contributed by atoms with Gasteiger partial charge in [-0.15, -0.1) is 5.10 Å². The van der Waals surface area contributed by atoms with Gasteiger partial charge >= 0.3 is 0 Å². The van der Waals surface area contributed by atoms with Gasteiger partial charge in [0.2, 0.25) is 11.8 Å². The number of hydrogen-bond acceptors (Lipinski definition) is 8. The molecule has 132 valence electrons. The number of nitriles is 1. The van der Waals surface area contributed by atoms with E-state index in [9.17, 15) is 10.4 Å². The van der Waals surface area contributed by atoms with Crippen LogP contribution in [0.25, 0.3) is 5.76 Å². The van der Waals surface area contributed by atoms with Gasteiger partial charge in [-0.2, -0.15) is 5.26 Å². The van der Waals surface area contributed by atoms with E-state index in [1.54, 1.807) is 23.1 Å². The van der Waals surface area contributed by atoms with Crippen LogP contribution in [0.3, 0.4) is 0 Å². The molecule has 0 saturated carbocycles. The number of aliphatic hydroxyl groups excluding tert-OH is 1. The van der Waals surface area contributed by atoms with Crippen LogP contribution in [-0.2, 0) is 5.66 Å². The first-order chi connectivity index (χ1) is 12.4. The first kappa shape index (κ1) is 16.0. The lowest BCUT2D eigenvalue weighted by Crippen LogP contribution is -2.50. The summed E-state index contributed by atoms with van der Waals surface area (Å²) >= 11 is 0. The van der Waals surface area contributed by atoms with Crippen LogP contribution in [-0.4, -0.2) is 24.9 Å². The second-order valence-corrected chi connectivity index (χ2v) is 6.61. The summed E-state index contributed by atoms with van der Waals surface area (Å²) in [5.74, 6) is 5.58. The quantitative estimate of drug-likeness (QED) is 0.652. The SMILES string of the molecule is CC1(C)N(N)C=C(O)c2c3c(nn21)OC(N)=C(C#N)[C@@H]3c1cccnc1. The Kier molecular flexibility index (Phi) is 3.22. The summed E-state index contributed by atoms with van der Waals surface area (Å²) in [5, 5.41) is 26.0. The molecule has 4 rings (SSSR count). The zero-order chi connectivity index (χ0) is 18.6. The van der Waals surface area contributed by atoms with E-state index in [-0.39, 0.29) is 23.1 Å². The van der Waals surface area contributed by atoms with Gasteiger partial charge in [0.25, 0.3) is 0 Å². The summed E-state index contributed by atoms with van der Waals surface area (Å²) < 4.78 is 7.17. The Labute approximate surface area is 149 Å². The Morgan fingerprint density at radius 2 is 2.19 bits per heavy atom. The molecule has 0 spiro atoms. The predicted octanol–water partition coefficient (Wildman–Crippen LogP) is 1.23. The number of allylic oxidation sites excluding steroid dienone is 1. The number of nitrogens with two attached hydrogens (primary N) is 2. The molecule has 2 aliphatic rings. The zero-order valence-corrected chi connectivity index (χ0v) is 14.2. The lowest BCUT2D eigenvalue weighted by Gasteiger charge is -2.38. The second kappa shape index (κ2) is 5.24. The molecule has 0 fully saturated rings. The van der Waals surface area contributed by atoms with Crippen LogP contribution >= 0.6 is 0 Å². The molecule has 0 saturated heterocycles. The Morgan fingerprint density at radius 3 is 2.85 bits per heavy atom. The molecule has 2 aromatic heterocycles. The van der Waals surface area contributed by atoms with Crippen molar-refractivity contribution in [3.8, 4) is 11.9 Å². The molecule has 9 heteroatoms. The van der Waals surface area contributed by atoms with Crippen molar-refractivity contribution in [2.45, 2.75) is 25.4 Å². The summed E-state index contributed by atoms with van der Waals surface area (Å²) in [6, 6.07) is 5.72. The Bertz CT molecular complexity index is 998. The molecule has 0 amide bonds. The molecular weight excluding hydrogens is 334 g/mol. The van der Waals surface area contributed by atoms with Crippen molar-refractivity contribution < 1.29 is 9.84 Å². The summed E-state index contributed by atoms with van der Waals surface area (Å²) in [6.45, 7) is 3.69. The van der Waals surface area contributed by atoms with Crippen LogP contribution in [0.1, 0.15) is 36.6 Å². The number of hydrazine groups is 1. The highest BCUT2D eigenvalue weighted by Crippen LogP contribution is 2.47. The van der Waals surface area contributed by atoms with Crippen LogP contribution in [0.2, 0.25) is 0 Å². The lowest BCUT2D eigenvalue weighted by atomic mass is 9.84. The van der Waals surface area contributed by atoms with Gasteiger partial charge in [-0.25, -0.2) is 10.5 Å². The highest BCUT2D eigenvalue weighted by atomic mass is 16.5. The van der Waals surface area contributed by atoms with Crippen molar-refractivity contribution >= 4 is 5.76 Å². The van der Waals surface area contributed by atoms with Gasteiger partial charge in [-0.1, -0.05) is 6.07 Å². The van der Waals surface area contributed by atoms with Gasteiger partial charge in [-0.3, -0.25) is 9.99 Å². The fraction of sp³-hybridized carbons (Fsp3) is 0.235. The number of aromatic nitrogens is 3. The Morgan fingerprint density at radius 1 is 1.42 bits per heavy atom. The standard InChI is InChI=1S/C17H17N7O2/c1-17(2)23(20)8-11(25)14-13-12(9-4-3-5-21-7-9)10(6-18)15(19)26-16(13)22-24(14)17/h3-5,7-8,12,25H,19-20H2,1-2H3/t12-/m0/s1. The molecule has 0 aromatic carbocycles. The fourth-order valence-corrected chi connectivity index (χ4v) is 3.29. The van der Waals surface area contributed by atoms with Crippen molar-refractivity contribution in [2.24, 2.45) is 11.6 Å². The minimum atomic E-state index is -0.761. The third kappa shape index (κ3) is 1.99. The molecule has 0 bridgehead atoms. The summed E-state index contributed by atoms with van der Waals surface area (Å²) in [6.07, 6.45) is 4.72. The van der Waals surface area contributed by atoms with Gasteiger partial charge in [-0.05, 0) is 25.5 Å². The largest absolute Gasteiger partial charge is 0.504 e. The summed E-state index contributed by atoms with van der Waals surface area (Å²) in [5.41, 5.74) is 7.18. The number of rotatable bonds is 1. The van der Waals surface area contributed by atoms with Gasteiger partial charge in [0.1, 0.15) is 23.0 Å². The number of pyridine rings is 1. The Hall–Kier alpha value is -3.51. The van der Waals surface area contributed by atoms with Crippen molar-refractivity contribution in [2.75, 3.05) is 0 Å². The molecule has 4 heterocycles. The van der Waals surface area contributed by atoms with Crippen LogP contribution in [0.5, 0.6) is 5.88 Å². The topological polar surface area (TPSA) is 139 Å². The van der Waals surface area contributed by atoms with E-state index >= 15 is 0 Å². The predicted molar refractivity (Wildman–Crippen MR) is 91.7 cm³/mol. The minimum Gasteiger partial charge on any atom is -0.504 e.